The maximum atomic E-state index is 12.9. The minimum absolute atomic E-state index is 0.0409. The van der Waals surface area contributed by atoms with Gasteiger partial charge in [-0.3, -0.25) is 19.2 Å². The van der Waals surface area contributed by atoms with Gasteiger partial charge < -0.3 is 20.2 Å². The summed E-state index contributed by atoms with van der Waals surface area (Å²) in [7, 11) is 1.54. The van der Waals surface area contributed by atoms with Crippen molar-refractivity contribution in [2.24, 2.45) is 5.92 Å². The summed E-state index contributed by atoms with van der Waals surface area (Å²) in [6.07, 6.45) is 1.23. The summed E-state index contributed by atoms with van der Waals surface area (Å²) in [5, 5.41) is 11.9. The number of carboxylic acid groups (broad SMARTS) is 1. The molecule has 0 aromatic heterocycles. The molecule has 8 heteroatoms. The highest BCUT2D eigenvalue weighted by atomic mass is 16.4. The van der Waals surface area contributed by atoms with Gasteiger partial charge in [0.2, 0.25) is 17.7 Å². The van der Waals surface area contributed by atoms with Crippen LogP contribution in [0.15, 0.2) is 24.3 Å². The fourth-order valence-corrected chi connectivity index (χ4v) is 3.68. The molecule has 2 atom stereocenters. The lowest BCUT2D eigenvalue weighted by atomic mass is 9.89. The van der Waals surface area contributed by atoms with Gasteiger partial charge >= 0.3 is 5.97 Å². The summed E-state index contributed by atoms with van der Waals surface area (Å²) in [6, 6.07) is 7.14. The number of piperidine rings is 1. The van der Waals surface area contributed by atoms with Gasteiger partial charge in [-0.05, 0) is 24.5 Å². The van der Waals surface area contributed by atoms with Gasteiger partial charge in [0.25, 0.3) is 0 Å². The zero-order chi connectivity index (χ0) is 19.6. The van der Waals surface area contributed by atoms with E-state index in [0.717, 1.165) is 5.56 Å². The van der Waals surface area contributed by atoms with E-state index in [-0.39, 0.29) is 37.2 Å². The first-order valence-corrected chi connectivity index (χ1v) is 9.01. The van der Waals surface area contributed by atoms with E-state index in [4.69, 9.17) is 5.11 Å². The summed E-state index contributed by atoms with van der Waals surface area (Å²) >= 11 is 0. The molecule has 2 unspecified atom stereocenters. The lowest BCUT2D eigenvalue weighted by Gasteiger charge is -2.33. The molecule has 3 rings (SSSR count). The summed E-state index contributed by atoms with van der Waals surface area (Å²) in [5.74, 6) is -2.88. The zero-order valence-electron chi connectivity index (χ0n) is 15.2. The van der Waals surface area contributed by atoms with Crippen molar-refractivity contribution in [1.29, 1.82) is 0 Å². The van der Waals surface area contributed by atoms with Crippen LogP contribution in [0.25, 0.3) is 0 Å². The highest BCUT2D eigenvalue weighted by Crippen LogP contribution is 2.33. The van der Waals surface area contributed by atoms with Crippen LogP contribution >= 0.6 is 0 Å². The lowest BCUT2D eigenvalue weighted by molar-refractivity contribution is -0.147. The van der Waals surface area contributed by atoms with Crippen LogP contribution in [0.3, 0.4) is 0 Å². The first-order chi connectivity index (χ1) is 12.9. The van der Waals surface area contributed by atoms with E-state index in [2.05, 4.69) is 5.32 Å². The molecule has 27 heavy (non-hydrogen) atoms. The quantitative estimate of drug-likeness (QED) is 0.815. The van der Waals surface area contributed by atoms with Crippen molar-refractivity contribution in [2.75, 3.05) is 32.0 Å². The third-order valence-electron chi connectivity index (χ3n) is 5.17. The second-order valence-electron chi connectivity index (χ2n) is 7.10. The SMILES string of the molecule is CN(CC(=O)N1CCCC(C(=O)O)C1)C(=O)C1CC(=O)Nc2ccccc21. The second kappa shape index (κ2) is 7.77. The summed E-state index contributed by atoms with van der Waals surface area (Å²) in [4.78, 5) is 51.3. The molecule has 1 aromatic carbocycles. The fraction of sp³-hybridized carbons (Fsp3) is 0.474. The number of para-hydroxylation sites is 1. The molecule has 1 fully saturated rings. The number of amides is 3. The molecule has 8 nitrogen and oxygen atoms in total. The highest BCUT2D eigenvalue weighted by Gasteiger charge is 2.34. The Morgan fingerprint density at radius 1 is 1.30 bits per heavy atom. The van der Waals surface area contributed by atoms with Gasteiger partial charge in [0.1, 0.15) is 0 Å². The molecule has 0 radical (unpaired) electrons. The Labute approximate surface area is 157 Å². The topological polar surface area (TPSA) is 107 Å². The molecule has 0 saturated carbocycles. The number of nitrogens with one attached hydrogen (secondary N) is 1. The van der Waals surface area contributed by atoms with Crippen molar-refractivity contribution in [1.82, 2.24) is 9.80 Å². The number of nitrogens with zero attached hydrogens (tertiary/aromatic N) is 2. The minimum atomic E-state index is -0.901. The Kier molecular flexibility index (Phi) is 5.43. The first-order valence-electron chi connectivity index (χ1n) is 9.01. The van der Waals surface area contributed by atoms with Crippen LogP contribution in [0, 0.1) is 5.92 Å². The first kappa shape index (κ1) is 18.9. The van der Waals surface area contributed by atoms with Crippen molar-refractivity contribution in [3.8, 4) is 0 Å². The Morgan fingerprint density at radius 2 is 2.04 bits per heavy atom. The monoisotopic (exact) mass is 373 g/mol. The number of carbonyl (C=O) groups is 4. The number of hydrogen-bond donors (Lipinski definition) is 2. The van der Waals surface area contributed by atoms with E-state index >= 15 is 0 Å². The standard InChI is InChI=1S/C19H23N3O5/c1-21(11-17(24)22-8-4-5-12(10-22)19(26)27)18(25)14-9-16(23)20-15-7-3-2-6-13(14)15/h2-3,6-7,12,14H,4-5,8-11H2,1H3,(H,20,23)(H,26,27). The molecular formula is C19H23N3O5. The van der Waals surface area contributed by atoms with E-state index in [1.807, 2.05) is 6.07 Å². The van der Waals surface area contributed by atoms with Crippen LogP contribution < -0.4 is 5.32 Å². The molecule has 144 valence electrons. The van der Waals surface area contributed by atoms with Crippen molar-refractivity contribution < 1.29 is 24.3 Å². The number of hydrogen-bond acceptors (Lipinski definition) is 4. The highest BCUT2D eigenvalue weighted by molar-refractivity contribution is 6.01. The molecule has 1 aromatic rings. The molecule has 2 N–H and O–H groups in total. The van der Waals surface area contributed by atoms with E-state index in [0.29, 0.717) is 25.1 Å². The normalized spacial score (nSPS) is 21.8. The predicted octanol–water partition coefficient (Wildman–Crippen LogP) is 0.894. The van der Waals surface area contributed by atoms with Gasteiger partial charge in [-0.15, -0.1) is 0 Å². The molecule has 3 amide bonds. The molecule has 1 saturated heterocycles. The molecule has 2 aliphatic heterocycles. The Bertz CT molecular complexity index is 778. The number of benzene rings is 1. The van der Waals surface area contributed by atoms with Gasteiger partial charge in [0.15, 0.2) is 0 Å². The molecule has 2 heterocycles. The van der Waals surface area contributed by atoms with E-state index in [9.17, 15) is 19.2 Å². The average Bonchev–Trinajstić information content (AvgIpc) is 2.66. The number of aliphatic carboxylic acids is 1. The number of rotatable bonds is 4. The molecule has 0 spiro atoms. The number of likely N-dealkylation sites (N-methyl/N-ethyl adjacent to an activating group) is 1. The zero-order valence-corrected chi connectivity index (χ0v) is 15.2. The Hall–Kier alpha value is -2.90. The maximum Gasteiger partial charge on any atom is 0.308 e. The minimum Gasteiger partial charge on any atom is -0.481 e. The number of carboxylic acids is 1. The summed E-state index contributed by atoms with van der Waals surface area (Å²) in [5.41, 5.74) is 1.36. The summed E-state index contributed by atoms with van der Waals surface area (Å²) in [6.45, 7) is 0.537. The third-order valence-corrected chi connectivity index (χ3v) is 5.17. The van der Waals surface area contributed by atoms with Crippen LogP contribution in [-0.2, 0) is 19.2 Å². The van der Waals surface area contributed by atoms with Crippen LogP contribution in [-0.4, -0.2) is 65.3 Å². The summed E-state index contributed by atoms with van der Waals surface area (Å²) < 4.78 is 0. The maximum absolute atomic E-state index is 12.9. The van der Waals surface area contributed by atoms with Crippen molar-refractivity contribution >= 4 is 29.4 Å². The van der Waals surface area contributed by atoms with E-state index in [1.165, 1.54) is 16.8 Å². The van der Waals surface area contributed by atoms with E-state index < -0.39 is 17.8 Å². The van der Waals surface area contributed by atoms with Crippen LogP contribution in [0.5, 0.6) is 0 Å². The average molecular weight is 373 g/mol. The van der Waals surface area contributed by atoms with Gasteiger partial charge in [0.05, 0.1) is 18.4 Å². The van der Waals surface area contributed by atoms with Crippen LogP contribution in [0.1, 0.15) is 30.7 Å². The Morgan fingerprint density at radius 3 is 2.78 bits per heavy atom. The Balaban J connectivity index is 1.66. The van der Waals surface area contributed by atoms with Gasteiger partial charge in [-0.1, -0.05) is 18.2 Å². The van der Waals surface area contributed by atoms with Crippen molar-refractivity contribution in [3.63, 3.8) is 0 Å². The van der Waals surface area contributed by atoms with Gasteiger partial charge in [-0.2, -0.15) is 0 Å². The van der Waals surface area contributed by atoms with Crippen molar-refractivity contribution in [3.05, 3.63) is 29.8 Å². The number of anilines is 1. The van der Waals surface area contributed by atoms with Crippen LogP contribution in [0.2, 0.25) is 0 Å². The third kappa shape index (κ3) is 4.10. The molecule has 0 bridgehead atoms. The number of fused-ring (bicyclic) bond motifs is 1. The smallest absolute Gasteiger partial charge is 0.308 e. The molecule has 2 aliphatic rings. The largest absolute Gasteiger partial charge is 0.481 e. The van der Waals surface area contributed by atoms with Gasteiger partial charge in [0, 0.05) is 32.2 Å². The number of likely N-dealkylation sites (tertiary alicyclic amines) is 1. The molecule has 0 aliphatic carbocycles. The van der Waals surface area contributed by atoms with Crippen molar-refractivity contribution in [2.45, 2.75) is 25.2 Å². The van der Waals surface area contributed by atoms with E-state index in [1.54, 1.807) is 18.2 Å². The second-order valence-corrected chi connectivity index (χ2v) is 7.10. The number of carbonyl (C=O) groups excluding carboxylic acids is 3. The lowest BCUT2D eigenvalue weighted by Crippen LogP contribution is -2.47. The molecular weight excluding hydrogens is 350 g/mol. The fourth-order valence-electron chi connectivity index (χ4n) is 3.68. The van der Waals surface area contributed by atoms with Crippen LogP contribution in [0.4, 0.5) is 5.69 Å². The van der Waals surface area contributed by atoms with Gasteiger partial charge in [-0.25, -0.2) is 0 Å². The predicted molar refractivity (Wildman–Crippen MR) is 97.0 cm³/mol.